The molecule has 28 heavy (non-hydrogen) atoms. The highest BCUT2D eigenvalue weighted by molar-refractivity contribution is 9.10. The highest BCUT2D eigenvalue weighted by Crippen LogP contribution is 2.34. The van der Waals surface area contributed by atoms with E-state index in [1.807, 2.05) is 12.1 Å². The number of urea groups is 1. The molecule has 1 aliphatic rings. The third-order valence-corrected chi connectivity index (χ3v) is 5.57. The van der Waals surface area contributed by atoms with Crippen molar-refractivity contribution in [1.82, 2.24) is 20.4 Å². The number of rotatable bonds is 4. The van der Waals surface area contributed by atoms with Crippen LogP contribution in [0.3, 0.4) is 0 Å². The number of carbonyl (C=O) groups is 2. The summed E-state index contributed by atoms with van der Waals surface area (Å²) in [5, 5.41) is 11.1. The van der Waals surface area contributed by atoms with E-state index >= 15 is 0 Å². The summed E-state index contributed by atoms with van der Waals surface area (Å²) in [4.78, 5) is 26.6. The van der Waals surface area contributed by atoms with Gasteiger partial charge in [0.2, 0.25) is 11.8 Å². The minimum Gasteiger partial charge on any atom is -0.419 e. The van der Waals surface area contributed by atoms with Crippen LogP contribution in [0.5, 0.6) is 0 Å². The molecule has 2 heterocycles. The van der Waals surface area contributed by atoms with Gasteiger partial charge in [0.1, 0.15) is 12.1 Å². The van der Waals surface area contributed by atoms with Crippen LogP contribution >= 0.6 is 27.5 Å². The average molecular weight is 462 g/mol. The molecule has 0 aliphatic carbocycles. The molecule has 3 amide bonds. The lowest BCUT2D eigenvalue weighted by Gasteiger charge is -2.23. The van der Waals surface area contributed by atoms with Crippen LogP contribution in [-0.2, 0) is 16.9 Å². The summed E-state index contributed by atoms with van der Waals surface area (Å²) in [6.07, 6.45) is 0. The molecule has 1 fully saturated rings. The van der Waals surface area contributed by atoms with Crippen LogP contribution in [0.4, 0.5) is 4.79 Å². The standard InChI is InChI=1S/C19H14BrClN4O3/c1-19(12-7-3-4-8-13(12)20)17(26)25(18(27)22-19)10-15-23-24-16(28-15)11-6-2-5-9-14(11)21/h2-9H,10H2,1H3,(H,22,27). The van der Waals surface area contributed by atoms with Gasteiger partial charge in [0.15, 0.2) is 0 Å². The van der Waals surface area contributed by atoms with Crippen molar-refractivity contribution in [1.29, 1.82) is 0 Å². The van der Waals surface area contributed by atoms with Gasteiger partial charge in [0.05, 0.1) is 10.6 Å². The second-order valence-electron chi connectivity index (χ2n) is 6.41. The maximum absolute atomic E-state index is 13.0. The van der Waals surface area contributed by atoms with Crippen LogP contribution in [-0.4, -0.2) is 27.0 Å². The summed E-state index contributed by atoms with van der Waals surface area (Å²) in [6, 6.07) is 13.8. The first kappa shape index (κ1) is 18.6. The second kappa shape index (κ2) is 7.03. The van der Waals surface area contributed by atoms with E-state index in [-0.39, 0.29) is 18.3 Å². The van der Waals surface area contributed by atoms with Gasteiger partial charge in [-0.3, -0.25) is 9.69 Å². The fourth-order valence-corrected chi connectivity index (χ4v) is 3.98. The van der Waals surface area contributed by atoms with Gasteiger partial charge in [-0.1, -0.05) is 57.9 Å². The number of nitrogens with one attached hydrogen (secondary N) is 1. The SMILES string of the molecule is CC1(c2ccccc2Br)NC(=O)N(Cc2nnc(-c3ccccc3Cl)o2)C1=O. The van der Waals surface area contributed by atoms with E-state index in [0.29, 0.717) is 16.1 Å². The maximum atomic E-state index is 13.0. The number of hydrogen-bond donors (Lipinski definition) is 1. The maximum Gasteiger partial charge on any atom is 0.325 e. The van der Waals surface area contributed by atoms with Gasteiger partial charge in [-0.2, -0.15) is 0 Å². The molecular weight excluding hydrogens is 448 g/mol. The van der Waals surface area contributed by atoms with Crippen LogP contribution in [0.25, 0.3) is 11.5 Å². The molecule has 3 aromatic rings. The highest BCUT2D eigenvalue weighted by Gasteiger charge is 2.50. The van der Waals surface area contributed by atoms with E-state index in [1.54, 1.807) is 43.3 Å². The zero-order valence-corrected chi connectivity index (χ0v) is 17.0. The van der Waals surface area contributed by atoms with Gasteiger partial charge in [0, 0.05) is 10.0 Å². The second-order valence-corrected chi connectivity index (χ2v) is 7.67. The summed E-state index contributed by atoms with van der Waals surface area (Å²) in [5.41, 5.74) is 0.0549. The van der Waals surface area contributed by atoms with Gasteiger partial charge in [-0.25, -0.2) is 4.79 Å². The van der Waals surface area contributed by atoms with Crippen LogP contribution in [0, 0.1) is 0 Å². The van der Waals surface area contributed by atoms with Gasteiger partial charge in [-0.05, 0) is 25.1 Å². The molecule has 142 valence electrons. The number of carbonyl (C=O) groups excluding carboxylic acids is 2. The molecule has 1 unspecified atom stereocenters. The molecule has 0 radical (unpaired) electrons. The quantitative estimate of drug-likeness (QED) is 0.591. The average Bonchev–Trinajstić information content (AvgIpc) is 3.22. The zero-order valence-electron chi connectivity index (χ0n) is 14.6. The van der Waals surface area contributed by atoms with Crippen molar-refractivity contribution in [2.45, 2.75) is 19.0 Å². The lowest BCUT2D eigenvalue weighted by Crippen LogP contribution is -2.41. The summed E-state index contributed by atoms with van der Waals surface area (Å²) < 4.78 is 6.35. The van der Waals surface area contributed by atoms with Crippen LogP contribution in [0.15, 0.2) is 57.4 Å². The first-order valence-corrected chi connectivity index (χ1v) is 9.53. The Kier molecular flexibility index (Phi) is 4.68. The molecule has 1 N–H and O–H groups in total. The minimum atomic E-state index is -1.19. The first-order chi connectivity index (χ1) is 13.4. The third kappa shape index (κ3) is 3.08. The van der Waals surface area contributed by atoms with Crippen LogP contribution in [0.2, 0.25) is 5.02 Å². The number of halogens is 2. The summed E-state index contributed by atoms with van der Waals surface area (Å²) in [7, 11) is 0. The number of aromatic nitrogens is 2. The fourth-order valence-electron chi connectivity index (χ4n) is 3.09. The Bertz CT molecular complexity index is 1090. The van der Waals surface area contributed by atoms with Crippen molar-refractivity contribution in [2.75, 3.05) is 0 Å². The summed E-state index contributed by atoms with van der Waals surface area (Å²) >= 11 is 9.58. The first-order valence-electron chi connectivity index (χ1n) is 8.36. The van der Waals surface area contributed by atoms with Gasteiger partial charge in [-0.15, -0.1) is 10.2 Å². The van der Waals surface area contributed by atoms with Crippen molar-refractivity contribution in [3.63, 3.8) is 0 Å². The summed E-state index contributed by atoms with van der Waals surface area (Å²) in [6.45, 7) is 1.53. The molecule has 0 bridgehead atoms. The number of imide groups is 1. The van der Waals surface area contributed by atoms with E-state index in [1.165, 1.54) is 0 Å². The highest BCUT2D eigenvalue weighted by atomic mass is 79.9. The Morgan fingerprint density at radius 3 is 2.61 bits per heavy atom. The van der Waals surface area contributed by atoms with Crippen molar-refractivity contribution in [2.24, 2.45) is 0 Å². The molecule has 2 aromatic carbocycles. The Morgan fingerprint density at radius 1 is 1.14 bits per heavy atom. The number of nitrogens with zero attached hydrogens (tertiary/aromatic N) is 3. The Labute approximate surface area is 173 Å². The molecular formula is C19H14BrClN4O3. The van der Waals surface area contributed by atoms with Crippen molar-refractivity contribution in [3.8, 4) is 11.5 Å². The summed E-state index contributed by atoms with van der Waals surface area (Å²) in [5.74, 6) is -0.0436. The van der Waals surface area contributed by atoms with E-state index in [9.17, 15) is 9.59 Å². The minimum absolute atomic E-state index is 0.134. The molecule has 0 spiro atoms. The Balaban J connectivity index is 1.60. The number of amides is 3. The Morgan fingerprint density at radius 2 is 1.86 bits per heavy atom. The van der Waals surface area contributed by atoms with Gasteiger partial charge in [0.25, 0.3) is 5.91 Å². The third-order valence-electron chi connectivity index (χ3n) is 4.55. The van der Waals surface area contributed by atoms with Crippen LogP contribution < -0.4 is 5.32 Å². The van der Waals surface area contributed by atoms with E-state index in [4.69, 9.17) is 16.0 Å². The number of benzene rings is 2. The smallest absolute Gasteiger partial charge is 0.325 e. The van der Waals surface area contributed by atoms with Gasteiger partial charge >= 0.3 is 6.03 Å². The van der Waals surface area contributed by atoms with E-state index in [0.717, 1.165) is 9.37 Å². The normalized spacial score (nSPS) is 19.2. The molecule has 1 aliphatic heterocycles. The monoisotopic (exact) mass is 460 g/mol. The predicted octanol–water partition coefficient (Wildman–Crippen LogP) is 4.12. The largest absolute Gasteiger partial charge is 0.419 e. The lowest BCUT2D eigenvalue weighted by molar-refractivity contribution is -0.131. The van der Waals surface area contributed by atoms with Crippen LogP contribution in [0.1, 0.15) is 18.4 Å². The Hall–Kier alpha value is -2.71. The zero-order chi connectivity index (χ0) is 19.9. The van der Waals surface area contributed by atoms with E-state index in [2.05, 4.69) is 31.4 Å². The molecule has 4 rings (SSSR count). The molecule has 7 nitrogen and oxygen atoms in total. The lowest BCUT2D eigenvalue weighted by atomic mass is 9.92. The van der Waals surface area contributed by atoms with Crippen molar-refractivity contribution >= 4 is 39.5 Å². The van der Waals surface area contributed by atoms with Crippen molar-refractivity contribution < 1.29 is 14.0 Å². The van der Waals surface area contributed by atoms with E-state index < -0.39 is 17.5 Å². The number of hydrogen-bond acceptors (Lipinski definition) is 5. The molecule has 1 atom stereocenters. The fraction of sp³-hybridized carbons (Fsp3) is 0.158. The molecule has 0 saturated carbocycles. The molecule has 9 heteroatoms. The van der Waals surface area contributed by atoms with Crippen molar-refractivity contribution in [3.05, 3.63) is 69.5 Å². The molecule has 1 aromatic heterocycles. The topological polar surface area (TPSA) is 88.3 Å². The molecule has 1 saturated heterocycles. The predicted molar refractivity (Wildman–Crippen MR) is 105 cm³/mol. The van der Waals surface area contributed by atoms with Gasteiger partial charge < -0.3 is 9.73 Å².